The van der Waals surface area contributed by atoms with Crippen molar-refractivity contribution >= 4 is 5.71 Å². The number of rotatable bonds is 0. The standard InChI is InChI=1S/C6H11N3O/c1-5-6(2,7)9(10)4-3-8-5/h3-4,10H,7H2,1-2H3. The van der Waals surface area contributed by atoms with E-state index < -0.39 is 5.66 Å². The molecule has 4 heteroatoms. The fraction of sp³-hybridized carbons (Fsp3) is 0.500. The van der Waals surface area contributed by atoms with Crippen molar-refractivity contribution in [3.63, 3.8) is 0 Å². The molecule has 0 saturated carbocycles. The molecule has 1 heterocycles. The number of aliphatic imine (C=N–C) groups is 1. The second-order valence-corrected chi connectivity index (χ2v) is 2.50. The first kappa shape index (κ1) is 7.24. The molecule has 1 atom stereocenters. The van der Waals surface area contributed by atoms with E-state index in [4.69, 9.17) is 10.9 Å². The van der Waals surface area contributed by atoms with Gasteiger partial charge >= 0.3 is 0 Å². The first-order chi connectivity index (χ1) is 4.55. The van der Waals surface area contributed by atoms with Crippen LogP contribution in [0.25, 0.3) is 0 Å². The molecule has 0 saturated heterocycles. The number of hydrogen-bond donors (Lipinski definition) is 2. The molecule has 56 valence electrons. The molecule has 1 rings (SSSR count). The summed E-state index contributed by atoms with van der Waals surface area (Å²) >= 11 is 0. The Balaban J connectivity index is 2.93. The van der Waals surface area contributed by atoms with E-state index in [1.165, 1.54) is 12.4 Å². The van der Waals surface area contributed by atoms with E-state index in [0.29, 0.717) is 5.71 Å². The summed E-state index contributed by atoms with van der Waals surface area (Å²) in [5.74, 6) is 0. The van der Waals surface area contributed by atoms with Crippen molar-refractivity contribution < 1.29 is 5.21 Å². The first-order valence-electron chi connectivity index (χ1n) is 3.04. The molecule has 1 unspecified atom stereocenters. The molecule has 10 heavy (non-hydrogen) atoms. The maximum Gasteiger partial charge on any atom is 0.149 e. The van der Waals surface area contributed by atoms with Crippen LogP contribution in [0.2, 0.25) is 0 Å². The van der Waals surface area contributed by atoms with Gasteiger partial charge in [0.1, 0.15) is 5.66 Å². The quantitative estimate of drug-likeness (QED) is 0.510. The van der Waals surface area contributed by atoms with Crippen LogP contribution >= 0.6 is 0 Å². The summed E-state index contributed by atoms with van der Waals surface area (Å²) in [5.41, 5.74) is 5.50. The van der Waals surface area contributed by atoms with Gasteiger partial charge < -0.3 is 5.73 Å². The van der Waals surface area contributed by atoms with E-state index in [9.17, 15) is 0 Å². The Kier molecular flexibility index (Phi) is 1.50. The van der Waals surface area contributed by atoms with Crippen molar-refractivity contribution in [1.29, 1.82) is 0 Å². The average molecular weight is 141 g/mol. The number of hydrogen-bond acceptors (Lipinski definition) is 4. The largest absolute Gasteiger partial charge is 0.302 e. The summed E-state index contributed by atoms with van der Waals surface area (Å²) in [7, 11) is 0. The second-order valence-electron chi connectivity index (χ2n) is 2.50. The van der Waals surface area contributed by atoms with Crippen LogP contribution in [0.1, 0.15) is 13.8 Å². The molecule has 0 aliphatic carbocycles. The van der Waals surface area contributed by atoms with Gasteiger partial charge in [-0.15, -0.1) is 0 Å². The Hall–Kier alpha value is -0.870. The van der Waals surface area contributed by atoms with Crippen LogP contribution in [0.4, 0.5) is 0 Å². The maximum absolute atomic E-state index is 9.15. The number of nitrogens with two attached hydrogens (primary N) is 1. The Morgan fingerprint density at radius 1 is 1.80 bits per heavy atom. The lowest BCUT2D eigenvalue weighted by Gasteiger charge is -2.33. The van der Waals surface area contributed by atoms with Crippen LogP contribution in [0.5, 0.6) is 0 Å². The van der Waals surface area contributed by atoms with E-state index in [0.717, 1.165) is 5.06 Å². The molecule has 1 aliphatic rings. The minimum Gasteiger partial charge on any atom is -0.302 e. The molecule has 0 radical (unpaired) electrons. The van der Waals surface area contributed by atoms with Gasteiger partial charge in [-0.05, 0) is 13.8 Å². The molecule has 0 amide bonds. The van der Waals surface area contributed by atoms with Crippen LogP contribution in [-0.4, -0.2) is 21.6 Å². The fourth-order valence-corrected chi connectivity index (χ4v) is 0.660. The van der Waals surface area contributed by atoms with Crippen LogP contribution in [0, 0.1) is 0 Å². The van der Waals surface area contributed by atoms with Crippen molar-refractivity contribution in [2.24, 2.45) is 10.7 Å². The zero-order chi connectivity index (χ0) is 7.78. The third kappa shape index (κ3) is 0.913. The summed E-state index contributed by atoms with van der Waals surface area (Å²) in [6.07, 6.45) is 2.93. The minimum absolute atomic E-state index is 0.692. The normalized spacial score (nSPS) is 32.4. The molecule has 0 bridgehead atoms. The predicted octanol–water partition coefficient (Wildman–Crippen LogP) is 0.298. The van der Waals surface area contributed by atoms with Gasteiger partial charge in [-0.1, -0.05) is 0 Å². The summed E-state index contributed by atoms with van der Waals surface area (Å²) in [4.78, 5) is 3.94. The highest BCUT2D eigenvalue weighted by Gasteiger charge is 2.29. The molecule has 0 spiro atoms. The highest BCUT2D eigenvalue weighted by Crippen LogP contribution is 2.12. The van der Waals surface area contributed by atoms with Gasteiger partial charge in [0, 0.05) is 12.4 Å². The molecule has 3 N–H and O–H groups in total. The average Bonchev–Trinajstić information content (AvgIpc) is 1.84. The van der Waals surface area contributed by atoms with Gasteiger partial charge in [-0.25, -0.2) is 5.06 Å². The lowest BCUT2D eigenvalue weighted by molar-refractivity contribution is -0.0964. The van der Waals surface area contributed by atoms with Gasteiger partial charge in [0.15, 0.2) is 0 Å². The summed E-state index contributed by atoms with van der Waals surface area (Å²) in [6, 6.07) is 0. The fourth-order valence-electron chi connectivity index (χ4n) is 0.660. The molecule has 4 nitrogen and oxygen atoms in total. The highest BCUT2D eigenvalue weighted by atomic mass is 16.5. The third-order valence-corrected chi connectivity index (χ3v) is 1.68. The van der Waals surface area contributed by atoms with Gasteiger partial charge in [-0.3, -0.25) is 10.2 Å². The smallest absolute Gasteiger partial charge is 0.149 e. The van der Waals surface area contributed by atoms with Gasteiger partial charge in [0.25, 0.3) is 0 Å². The minimum atomic E-state index is -0.852. The Morgan fingerprint density at radius 2 is 2.40 bits per heavy atom. The molecular formula is C6H11N3O. The number of nitrogens with zero attached hydrogens (tertiary/aromatic N) is 2. The zero-order valence-electron chi connectivity index (χ0n) is 6.07. The van der Waals surface area contributed by atoms with Crippen LogP contribution in [0.3, 0.4) is 0 Å². The first-order valence-corrected chi connectivity index (χ1v) is 3.04. The Morgan fingerprint density at radius 3 is 2.80 bits per heavy atom. The van der Waals surface area contributed by atoms with Crippen molar-refractivity contribution in [1.82, 2.24) is 5.06 Å². The van der Waals surface area contributed by atoms with Gasteiger partial charge in [0.2, 0.25) is 0 Å². The van der Waals surface area contributed by atoms with E-state index in [-0.39, 0.29) is 0 Å². The monoisotopic (exact) mass is 141 g/mol. The van der Waals surface area contributed by atoms with Crippen LogP contribution in [0.15, 0.2) is 17.4 Å². The van der Waals surface area contributed by atoms with Crippen molar-refractivity contribution in [2.75, 3.05) is 0 Å². The SMILES string of the molecule is CC1=NC=CN(O)C1(C)N. The molecule has 0 aromatic heterocycles. The van der Waals surface area contributed by atoms with E-state index in [1.807, 2.05) is 0 Å². The summed E-state index contributed by atoms with van der Waals surface area (Å²) in [6.45, 7) is 3.46. The van der Waals surface area contributed by atoms with Crippen molar-refractivity contribution in [2.45, 2.75) is 19.5 Å². The van der Waals surface area contributed by atoms with Crippen molar-refractivity contribution in [3.8, 4) is 0 Å². The predicted molar refractivity (Wildman–Crippen MR) is 38.5 cm³/mol. The summed E-state index contributed by atoms with van der Waals surface area (Å²) in [5, 5.41) is 10.1. The van der Waals surface area contributed by atoms with Crippen LogP contribution in [-0.2, 0) is 0 Å². The molecule has 0 aromatic rings. The molecule has 0 aromatic carbocycles. The third-order valence-electron chi connectivity index (χ3n) is 1.68. The molecular weight excluding hydrogens is 130 g/mol. The Bertz CT molecular complexity index is 195. The van der Waals surface area contributed by atoms with Gasteiger partial charge in [0.05, 0.1) is 5.71 Å². The lowest BCUT2D eigenvalue weighted by atomic mass is 10.1. The summed E-state index contributed by atoms with van der Waals surface area (Å²) < 4.78 is 0. The lowest BCUT2D eigenvalue weighted by Crippen LogP contribution is -2.56. The van der Waals surface area contributed by atoms with Crippen LogP contribution < -0.4 is 5.73 Å². The molecule has 0 fully saturated rings. The zero-order valence-corrected chi connectivity index (χ0v) is 6.07. The number of hydroxylamine groups is 2. The highest BCUT2D eigenvalue weighted by molar-refractivity contribution is 5.91. The van der Waals surface area contributed by atoms with E-state index in [2.05, 4.69) is 4.99 Å². The van der Waals surface area contributed by atoms with E-state index in [1.54, 1.807) is 13.8 Å². The Labute approximate surface area is 59.6 Å². The van der Waals surface area contributed by atoms with Gasteiger partial charge in [-0.2, -0.15) is 0 Å². The van der Waals surface area contributed by atoms with Crippen molar-refractivity contribution in [3.05, 3.63) is 12.4 Å². The molecule has 1 aliphatic heterocycles. The van der Waals surface area contributed by atoms with E-state index >= 15 is 0 Å². The second kappa shape index (κ2) is 2.07. The maximum atomic E-state index is 9.15. The topological polar surface area (TPSA) is 61.8 Å².